The maximum Gasteiger partial charge on any atom is 0.255 e. The molecule has 28 heavy (non-hydrogen) atoms. The lowest BCUT2D eigenvalue weighted by atomic mass is 10.0. The van der Waals surface area contributed by atoms with Gasteiger partial charge in [0.2, 0.25) is 5.91 Å². The molecule has 1 heterocycles. The molecule has 0 saturated carbocycles. The van der Waals surface area contributed by atoms with Gasteiger partial charge in [-0.3, -0.25) is 9.59 Å². The average Bonchev–Trinajstić information content (AvgIpc) is 3.12. The summed E-state index contributed by atoms with van der Waals surface area (Å²) in [6.45, 7) is 1.81. The lowest BCUT2D eigenvalue weighted by Gasteiger charge is -2.09. The van der Waals surface area contributed by atoms with E-state index >= 15 is 0 Å². The number of anilines is 1. The van der Waals surface area contributed by atoms with Crippen LogP contribution in [0.5, 0.6) is 0 Å². The van der Waals surface area contributed by atoms with Gasteiger partial charge in [-0.25, -0.2) is 4.98 Å². The highest BCUT2D eigenvalue weighted by atomic mass is 16.2. The largest absolute Gasteiger partial charge is 0.366 e. The summed E-state index contributed by atoms with van der Waals surface area (Å²) in [5, 5.41) is 2.86. The minimum atomic E-state index is -0.569. The molecule has 138 valence electrons. The van der Waals surface area contributed by atoms with E-state index in [2.05, 4.69) is 15.3 Å². The molecule has 6 nitrogen and oxygen atoms in total. The summed E-state index contributed by atoms with van der Waals surface area (Å²) < 4.78 is 0. The van der Waals surface area contributed by atoms with E-state index in [9.17, 15) is 9.59 Å². The predicted octanol–water partition coefficient (Wildman–Crippen LogP) is 3.89. The molecule has 2 amide bonds. The Morgan fingerprint density at radius 2 is 1.79 bits per heavy atom. The topological polar surface area (TPSA) is 101 Å². The standard InChI is InChI=1S/C22H18N4O2/c1-13-7-8-15(20(23)27)11-17(13)22(28)24-16-9-10-18-19(12-16)26-21(25-18)14-5-3-2-4-6-14/h2-12H,1H3,(H2,23,27)(H,24,28)(H,25,26). The Kier molecular flexibility index (Phi) is 4.37. The van der Waals surface area contributed by atoms with Crippen molar-refractivity contribution in [3.63, 3.8) is 0 Å². The number of hydrogen-bond acceptors (Lipinski definition) is 3. The van der Waals surface area contributed by atoms with Crippen molar-refractivity contribution < 1.29 is 9.59 Å². The first kappa shape index (κ1) is 17.5. The monoisotopic (exact) mass is 370 g/mol. The Bertz CT molecular complexity index is 1200. The summed E-state index contributed by atoms with van der Waals surface area (Å²) in [5.41, 5.74) is 10.0. The molecule has 6 heteroatoms. The first-order chi connectivity index (χ1) is 13.5. The van der Waals surface area contributed by atoms with Crippen molar-refractivity contribution in [2.75, 3.05) is 5.32 Å². The number of H-pyrrole nitrogens is 1. The molecule has 0 unspecified atom stereocenters. The number of rotatable bonds is 4. The number of fused-ring (bicyclic) bond motifs is 1. The maximum absolute atomic E-state index is 12.7. The van der Waals surface area contributed by atoms with Crippen molar-refractivity contribution in [2.24, 2.45) is 5.73 Å². The summed E-state index contributed by atoms with van der Waals surface area (Å²) in [5.74, 6) is -0.108. The van der Waals surface area contributed by atoms with Gasteiger partial charge in [-0.15, -0.1) is 0 Å². The molecule has 4 rings (SSSR count). The number of nitrogens with two attached hydrogens (primary N) is 1. The minimum Gasteiger partial charge on any atom is -0.366 e. The molecule has 0 radical (unpaired) electrons. The van der Waals surface area contributed by atoms with Crippen LogP contribution in [-0.2, 0) is 0 Å². The van der Waals surface area contributed by atoms with Gasteiger partial charge in [0, 0.05) is 22.4 Å². The Labute approximate surface area is 161 Å². The van der Waals surface area contributed by atoms with Crippen molar-refractivity contribution in [2.45, 2.75) is 6.92 Å². The number of aromatic amines is 1. The molecule has 0 aliphatic heterocycles. The third-order valence-electron chi connectivity index (χ3n) is 4.55. The van der Waals surface area contributed by atoms with E-state index in [1.807, 2.05) is 49.4 Å². The fourth-order valence-corrected chi connectivity index (χ4v) is 3.03. The van der Waals surface area contributed by atoms with Gasteiger partial charge in [0.05, 0.1) is 11.0 Å². The van der Waals surface area contributed by atoms with Crippen molar-refractivity contribution >= 4 is 28.5 Å². The van der Waals surface area contributed by atoms with Gasteiger partial charge in [-0.05, 0) is 42.8 Å². The van der Waals surface area contributed by atoms with Crippen LogP contribution in [0, 0.1) is 6.92 Å². The second-order valence-electron chi connectivity index (χ2n) is 6.53. The van der Waals surface area contributed by atoms with Gasteiger partial charge >= 0.3 is 0 Å². The molecule has 3 aromatic carbocycles. The summed E-state index contributed by atoms with van der Waals surface area (Å²) in [4.78, 5) is 32.0. The Morgan fingerprint density at radius 1 is 1.00 bits per heavy atom. The highest BCUT2D eigenvalue weighted by molar-refractivity contribution is 6.07. The van der Waals surface area contributed by atoms with Crippen LogP contribution in [0.25, 0.3) is 22.4 Å². The number of carbonyl (C=O) groups excluding carboxylic acids is 2. The maximum atomic E-state index is 12.7. The van der Waals surface area contributed by atoms with Crippen molar-refractivity contribution in [3.8, 4) is 11.4 Å². The Hall–Kier alpha value is -3.93. The highest BCUT2D eigenvalue weighted by Gasteiger charge is 2.13. The number of primary amides is 1. The molecule has 0 aliphatic carbocycles. The van der Waals surface area contributed by atoms with E-state index in [0.29, 0.717) is 16.8 Å². The van der Waals surface area contributed by atoms with Crippen LogP contribution in [0.2, 0.25) is 0 Å². The second kappa shape index (κ2) is 7.00. The highest BCUT2D eigenvalue weighted by Crippen LogP contribution is 2.23. The first-order valence-electron chi connectivity index (χ1n) is 8.78. The lowest BCUT2D eigenvalue weighted by Crippen LogP contribution is -2.16. The van der Waals surface area contributed by atoms with Crippen LogP contribution >= 0.6 is 0 Å². The quantitative estimate of drug-likeness (QED) is 0.508. The molecule has 0 aliphatic rings. The number of benzene rings is 3. The number of nitrogens with one attached hydrogen (secondary N) is 2. The molecule has 0 saturated heterocycles. The number of nitrogens with zero attached hydrogens (tertiary/aromatic N) is 1. The molecule has 0 atom stereocenters. The van der Waals surface area contributed by atoms with Gasteiger partial charge in [0.1, 0.15) is 5.82 Å². The third-order valence-corrected chi connectivity index (χ3v) is 4.55. The van der Waals surface area contributed by atoms with E-state index in [-0.39, 0.29) is 5.91 Å². The van der Waals surface area contributed by atoms with Crippen molar-refractivity contribution in [3.05, 3.63) is 83.4 Å². The summed E-state index contributed by atoms with van der Waals surface area (Å²) in [7, 11) is 0. The van der Waals surface area contributed by atoms with E-state index < -0.39 is 5.91 Å². The first-order valence-corrected chi connectivity index (χ1v) is 8.78. The fraction of sp³-hybridized carbons (Fsp3) is 0.0455. The molecule has 1 aromatic heterocycles. The van der Waals surface area contributed by atoms with Gasteiger partial charge in [-0.1, -0.05) is 36.4 Å². The molecular formula is C22H18N4O2. The molecule has 0 fully saturated rings. The zero-order valence-electron chi connectivity index (χ0n) is 15.2. The van der Waals surface area contributed by atoms with Crippen LogP contribution in [0.4, 0.5) is 5.69 Å². The van der Waals surface area contributed by atoms with Crippen LogP contribution in [0.3, 0.4) is 0 Å². The second-order valence-corrected chi connectivity index (χ2v) is 6.53. The van der Waals surface area contributed by atoms with E-state index in [1.165, 1.54) is 6.07 Å². The number of amides is 2. The van der Waals surface area contributed by atoms with E-state index in [4.69, 9.17) is 5.73 Å². The SMILES string of the molecule is Cc1ccc(C(N)=O)cc1C(=O)Nc1ccc2[nH]c(-c3ccccc3)nc2c1. The van der Waals surface area contributed by atoms with Crippen LogP contribution < -0.4 is 11.1 Å². The van der Waals surface area contributed by atoms with Gasteiger partial charge in [-0.2, -0.15) is 0 Å². The van der Waals surface area contributed by atoms with Gasteiger partial charge < -0.3 is 16.0 Å². The predicted molar refractivity (Wildman–Crippen MR) is 109 cm³/mol. The van der Waals surface area contributed by atoms with Crippen molar-refractivity contribution in [1.82, 2.24) is 9.97 Å². The van der Waals surface area contributed by atoms with Gasteiger partial charge in [0.25, 0.3) is 5.91 Å². The Balaban J connectivity index is 1.62. The smallest absolute Gasteiger partial charge is 0.255 e. The number of aryl methyl sites for hydroxylation is 1. The molecule has 0 spiro atoms. The molecule has 0 bridgehead atoms. The molecular weight excluding hydrogens is 352 g/mol. The average molecular weight is 370 g/mol. The number of imidazole rings is 1. The summed E-state index contributed by atoms with van der Waals surface area (Å²) in [6, 6.07) is 20.1. The van der Waals surface area contributed by atoms with Crippen LogP contribution in [0.15, 0.2) is 66.7 Å². The minimum absolute atomic E-state index is 0.297. The van der Waals surface area contributed by atoms with Crippen LogP contribution in [0.1, 0.15) is 26.3 Å². The number of carbonyl (C=O) groups is 2. The molecule has 4 aromatic rings. The van der Waals surface area contributed by atoms with Crippen LogP contribution in [-0.4, -0.2) is 21.8 Å². The normalized spacial score (nSPS) is 10.8. The Morgan fingerprint density at radius 3 is 2.54 bits per heavy atom. The zero-order chi connectivity index (χ0) is 19.7. The van der Waals surface area contributed by atoms with E-state index in [0.717, 1.165) is 28.0 Å². The zero-order valence-corrected chi connectivity index (χ0v) is 15.2. The van der Waals surface area contributed by atoms with Gasteiger partial charge in [0.15, 0.2) is 0 Å². The number of aromatic nitrogens is 2. The van der Waals surface area contributed by atoms with E-state index in [1.54, 1.807) is 18.2 Å². The summed E-state index contributed by atoms with van der Waals surface area (Å²) >= 11 is 0. The third kappa shape index (κ3) is 3.35. The fourth-order valence-electron chi connectivity index (χ4n) is 3.03. The summed E-state index contributed by atoms with van der Waals surface area (Å²) in [6.07, 6.45) is 0. The lowest BCUT2D eigenvalue weighted by molar-refractivity contribution is 0.1000. The van der Waals surface area contributed by atoms with Crippen molar-refractivity contribution in [1.29, 1.82) is 0 Å². The number of hydrogen-bond donors (Lipinski definition) is 3. The molecule has 4 N–H and O–H groups in total.